The predicted molar refractivity (Wildman–Crippen MR) is 255 cm³/mol. The summed E-state index contributed by atoms with van der Waals surface area (Å²) in [5, 5.41) is 15.0. The van der Waals surface area contributed by atoms with Gasteiger partial charge in [0.15, 0.2) is 11.4 Å². The molecule has 0 saturated carbocycles. The van der Waals surface area contributed by atoms with E-state index in [1.165, 1.54) is 57.9 Å². The van der Waals surface area contributed by atoms with E-state index in [9.17, 15) is 43.2 Å². The van der Waals surface area contributed by atoms with Gasteiger partial charge in [0, 0.05) is 22.5 Å². The molecule has 0 spiro atoms. The van der Waals surface area contributed by atoms with E-state index < -0.39 is 43.8 Å². The lowest BCUT2D eigenvalue weighted by atomic mass is 9.94. The van der Waals surface area contributed by atoms with Crippen molar-refractivity contribution in [3.05, 3.63) is 181 Å². The third-order valence-electron chi connectivity index (χ3n) is 10.9. The molecule has 0 aliphatic carbocycles. The summed E-state index contributed by atoms with van der Waals surface area (Å²) in [4.78, 5) is 0. The summed E-state index contributed by atoms with van der Waals surface area (Å²) in [5.74, 6) is 0. The van der Waals surface area contributed by atoms with Crippen LogP contribution >= 0.6 is 0 Å². The van der Waals surface area contributed by atoms with Gasteiger partial charge in [-0.2, -0.15) is 36.5 Å². The fourth-order valence-corrected chi connectivity index (χ4v) is 9.17. The molecule has 2 heterocycles. The molecule has 18 heteroatoms. The van der Waals surface area contributed by atoms with E-state index in [2.05, 4.69) is 19.6 Å². The van der Waals surface area contributed by atoms with Gasteiger partial charge in [-0.15, -0.1) is 0 Å². The third kappa shape index (κ3) is 9.59. The van der Waals surface area contributed by atoms with Crippen LogP contribution < -0.4 is 9.44 Å². The zero-order chi connectivity index (χ0) is 48.2. The van der Waals surface area contributed by atoms with Crippen molar-refractivity contribution in [3.63, 3.8) is 0 Å². The lowest BCUT2D eigenvalue weighted by Gasteiger charge is -2.14. The molecule has 10 aromatic rings. The highest BCUT2D eigenvalue weighted by atomic mass is 32.2. The number of nitrogens with zero attached hydrogens (tertiary/aromatic N) is 4. The number of rotatable bonds is 8. The number of nitrogens with one attached hydrogen (secondary N) is 2. The fraction of sp³-hybridized carbons (Fsp3) is 0.0800. The van der Waals surface area contributed by atoms with Gasteiger partial charge in [-0.05, 0) is 116 Å². The Morgan fingerprint density at radius 2 is 0.824 bits per heavy atom. The average molecular weight is 963 g/mol. The van der Waals surface area contributed by atoms with Gasteiger partial charge < -0.3 is 0 Å². The molecule has 344 valence electrons. The molecular formula is C50H36F6N6O4S2. The second kappa shape index (κ2) is 17.2. The number of anilines is 2. The quantitative estimate of drug-likeness (QED) is 0.0887. The van der Waals surface area contributed by atoms with Crippen LogP contribution in [0.4, 0.5) is 37.7 Å². The van der Waals surface area contributed by atoms with E-state index in [4.69, 9.17) is 0 Å². The molecule has 0 bridgehead atoms. The summed E-state index contributed by atoms with van der Waals surface area (Å²) in [7, 11) is -6.97. The van der Waals surface area contributed by atoms with Crippen molar-refractivity contribution in [2.75, 3.05) is 22.0 Å². The van der Waals surface area contributed by atoms with Crippen LogP contribution in [-0.4, -0.2) is 48.9 Å². The summed E-state index contributed by atoms with van der Waals surface area (Å²) < 4.78 is 135. The number of benzene rings is 8. The van der Waals surface area contributed by atoms with Crippen molar-refractivity contribution in [1.29, 1.82) is 0 Å². The van der Waals surface area contributed by atoms with Crippen molar-refractivity contribution in [2.24, 2.45) is 0 Å². The molecule has 68 heavy (non-hydrogen) atoms. The number of alkyl halides is 6. The summed E-state index contributed by atoms with van der Waals surface area (Å²) in [5.41, 5.74) is 1.05. The SMILES string of the molecule is CS(=O)(=O)Nc1ccc(-n2nc(C(F)(F)F)cc2-c2c3ccccc3cc3ccccc23)cc1.CS(=O)(=O)Nc1ccc(-n2nc(C(F)(F)F)cc2-c2ccc3ccc4ccccc4c3c2)cc1. The summed E-state index contributed by atoms with van der Waals surface area (Å²) >= 11 is 0. The van der Waals surface area contributed by atoms with Gasteiger partial charge in [-0.1, -0.05) is 97.1 Å². The van der Waals surface area contributed by atoms with Crippen LogP contribution in [0.15, 0.2) is 170 Å². The molecular weight excluding hydrogens is 927 g/mol. The molecule has 0 atom stereocenters. The maximum atomic E-state index is 13.7. The molecule has 0 aliphatic heterocycles. The number of aromatic nitrogens is 4. The number of fused-ring (bicyclic) bond motifs is 5. The van der Waals surface area contributed by atoms with E-state index in [1.807, 2.05) is 103 Å². The van der Waals surface area contributed by atoms with Crippen molar-refractivity contribution >= 4 is 74.5 Å². The van der Waals surface area contributed by atoms with Gasteiger partial charge >= 0.3 is 12.4 Å². The van der Waals surface area contributed by atoms with Gasteiger partial charge in [-0.25, -0.2) is 26.2 Å². The molecule has 2 aromatic heterocycles. The number of hydrogen-bond acceptors (Lipinski definition) is 6. The van der Waals surface area contributed by atoms with E-state index in [0.717, 1.165) is 67.7 Å². The Bertz CT molecular complexity index is 3720. The largest absolute Gasteiger partial charge is 0.435 e. The first-order valence-corrected chi connectivity index (χ1v) is 24.3. The molecule has 0 radical (unpaired) electrons. The van der Waals surface area contributed by atoms with Crippen LogP contribution in [-0.2, 0) is 32.4 Å². The number of sulfonamides is 2. The Hall–Kier alpha value is -7.70. The monoisotopic (exact) mass is 962 g/mol. The second-order valence-electron chi connectivity index (χ2n) is 15.9. The maximum Gasteiger partial charge on any atom is 0.435 e. The van der Waals surface area contributed by atoms with E-state index in [-0.39, 0.29) is 11.4 Å². The van der Waals surface area contributed by atoms with Crippen LogP contribution in [0.5, 0.6) is 0 Å². The van der Waals surface area contributed by atoms with Crippen molar-refractivity contribution in [2.45, 2.75) is 12.4 Å². The van der Waals surface area contributed by atoms with Crippen molar-refractivity contribution < 1.29 is 43.2 Å². The van der Waals surface area contributed by atoms with Gasteiger partial charge in [0.2, 0.25) is 20.0 Å². The minimum atomic E-state index is -4.64. The van der Waals surface area contributed by atoms with Crippen molar-refractivity contribution in [3.8, 4) is 33.9 Å². The van der Waals surface area contributed by atoms with Gasteiger partial charge in [0.1, 0.15) is 0 Å². The van der Waals surface area contributed by atoms with Crippen LogP contribution in [0, 0.1) is 0 Å². The first kappa shape index (κ1) is 45.5. The van der Waals surface area contributed by atoms with Crippen LogP contribution in [0.3, 0.4) is 0 Å². The summed E-state index contributed by atoms with van der Waals surface area (Å²) in [6.45, 7) is 0. The minimum Gasteiger partial charge on any atom is -0.284 e. The third-order valence-corrected chi connectivity index (χ3v) is 12.1. The highest BCUT2D eigenvalue weighted by Crippen LogP contribution is 2.41. The van der Waals surface area contributed by atoms with Gasteiger partial charge in [0.05, 0.1) is 35.3 Å². The van der Waals surface area contributed by atoms with E-state index in [0.29, 0.717) is 33.9 Å². The molecule has 10 rings (SSSR count). The lowest BCUT2D eigenvalue weighted by molar-refractivity contribution is -0.142. The summed E-state index contributed by atoms with van der Waals surface area (Å²) in [6.07, 6.45) is -7.22. The molecule has 0 aliphatic rings. The predicted octanol–water partition coefficient (Wildman–Crippen LogP) is 12.5. The van der Waals surface area contributed by atoms with Gasteiger partial charge in [0.25, 0.3) is 0 Å². The van der Waals surface area contributed by atoms with Crippen molar-refractivity contribution in [1.82, 2.24) is 19.6 Å². The Labute approximate surface area is 385 Å². The lowest BCUT2D eigenvalue weighted by Crippen LogP contribution is -2.10. The second-order valence-corrected chi connectivity index (χ2v) is 19.4. The Morgan fingerprint density at radius 3 is 1.29 bits per heavy atom. The highest BCUT2D eigenvalue weighted by molar-refractivity contribution is 7.92. The van der Waals surface area contributed by atoms with Crippen LogP contribution in [0.2, 0.25) is 0 Å². The molecule has 0 saturated heterocycles. The maximum absolute atomic E-state index is 13.7. The van der Waals surface area contributed by atoms with E-state index in [1.54, 1.807) is 6.07 Å². The normalized spacial score (nSPS) is 12.4. The molecule has 0 fully saturated rings. The Morgan fingerprint density at radius 1 is 0.426 bits per heavy atom. The molecule has 10 nitrogen and oxygen atoms in total. The zero-order valence-electron chi connectivity index (χ0n) is 35.7. The van der Waals surface area contributed by atoms with Crippen LogP contribution in [0.25, 0.3) is 77.0 Å². The zero-order valence-corrected chi connectivity index (χ0v) is 37.3. The average Bonchev–Trinajstić information content (AvgIpc) is 3.95. The molecule has 8 aromatic carbocycles. The molecule has 0 amide bonds. The smallest absolute Gasteiger partial charge is 0.284 e. The Kier molecular flexibility index (Phi) is 11.5. The first-order chi connectivity index (χ1) is 32.2. The first-order valence-electron chi connectivity index (χ1n) is 20.5. The van der Waals surface area contributed by atoms with Crippen LogP contribution in [0.1, 0.15) is 11.4 Å². The minimum absolute atomic E-state index is 0.269. The highest BCUT2D eigenvalue weighted by Gasteiger charge is 2.37. The topological polar surface area (TPSA) is 128 Å². The van der Waals surface area contributed by atoms with E-state index >= 15 is 0 Å². The standard InChI is InChI=1S/2C25H18F3N3O2S/c1-34(32,33)30-18-10-12-19(13-11-18)31-22(15-23(29-31)25(26,27)28)24-20-8-4-2-6-16(20)14-17-7-3-5-9-21(17)24;1-34(32,33)30-19-10-12-20(13-11-19)31-23(15-24(29-31)25(26,27)28)18-9-8-17-7-6-16-4-2-3-5-21(16)22(17)14-18/h2*2-15,30H,1H3. The fourth-order valence-electron chi connectivity index (χ4n) is 8.04. The molecule has 0 unspecified atom stereocenters. The number of halogens is 6. The number of hydrogen-bond donors (Lipinski definition) is 2. The summed E-state index contributed by atoms with van der Waals surface area (Å²) in [6, 6.07) is 48.4. The Balaban J connectivity index is 0.000000170. The molecule has 2 N–H and O–H groups in total. The van der Waals surface area contributed by atoms with Gasteiger partial charge in [-0.3, -0.25) is 9.44 Å².